The highest BCUT2D eigenvalue weighted by atomic mass is 31.2. The second-order valence-corrected chi connectivity index (χ2v) is 6.62. The molecule has 3 aliphatic heterocycles. The van der Waals surface area contributed by atoms with Crippen LogP contribution < -0.4 is 0 Å². The second kappa shape index (κ2) is 6.04. The number of aliphatic hydroxyl groups excluding tert-OH is 4. The summed E-state index contributed by atoms with van der Waals surface area (Å²) in [6.07, 6.45) is -9.87. The second-order valence-electron chi connectivity index (χ2n) is 5.21. The zero-order chi connectivity index (χ0) is 16.1. The van der Waals surface area contributed by atoms with Crippen LogP contribution in [0, 0.1) is 0 Å². The number of hydrogen-bond donors (Lipinski definition) is 5. The van der Waals surface area contributed by atoms with E-state index in [4.69, 9.17) is 23.8 Å². The van der Waals surface area contributed by atoms with Crippen molar-refractivity contribution in [3.8, 4) is 0 Å². The van der Waals surface area contributed by atoms with Gasteiger partial charge < -0.3 is 39.5 Å². The summed E-state index contributed by atoms with van der Waals surface area (Å²) >= 11 is 0. The van der Waals surface area contributed by atoms with E-state index in [9.17, 15) is 24.8 Å². The Bertz CT molecular complexity index is 460. The van der Waals surface area contributed by atoms with Crippen LogP contribution in [0.15, 0.2) is 0 Å². The van der Waals surface area contributed by atoms with Gasteiger partial charge in [0, 0.05) is 0 Å². The van der Waals surface area contributed by atoms with Crippen molar-refractivity contribution in [1.82, 2.24) is 0 Å². The van der Waals surface area contributed by atoms with E-state index in [2.05, 4.69) is 4.52 Å². The fourth-order valence-electron chi connectivity index (χ4n) is 2.54. The van der Waals surface area contributed by atoms with Crippen LogP contribution in [0.3, 0.4) is 0 Å². The Morgan fingerprint density at radius 3 is 2.41 bits per heavy atom. The largest absolute Gasteiger partial charge is 0.472 e. The molecule has 3 rings (SSSR count). The van der Waals surface area contributed by atoms with Crippen molar-refractivity contribution in [2.45, 2.75) is 49.2 Å². The molecule has 0 aromatic rings. The average Bonchev–Trinajstić information content (AvgIpc) is 2.91. The van der Waals surface area contributed by atoms with E-state index in [1.54, 1.807) is 0 Å². The Morgan fingerprint density at radius 1 is 1.09 bits per heavy atom. The molecule has 3 unspecified atom stereocenters. The predicted molar refractivity (Wildman–Crippen MR) is 64.2 cm³/mol. The number of ether oxygens (including phenoxy) is 3. The maximum absolute atomic E-state index is 11.3. The first-order valence-electron chi connectivity index (χ1n) is 6.59. The lowest BCUT2D eigenvalue weighted by molar-refractivity contribution is -0.269. The summed E-state index contributed by atoms with van der Waals surface area (Å²) in [7, 11) is -4.24. The number of phosphoric ester groups is 1. The molecule has 3 fully saturated rings. The van der Waals surface area contributed by atoms with E-state index in [1.807, 2.05) is 0 Å². The van der Waals surface area contributed by atoms with Crippen LogP contribution in [0.25, 0.3) is 0 Å². The van der Waals surface area contributed by atoms with Gasteiger partial charge in [-0.2, -0.15) is 0 Å². The van der Waals surface area contributed by atoms with Crippen LogP contribution in [0.2, 0.25) is 0 Å². The quantitative estimate of drug-likeness (QED) is 0.332. The van der Waals surface area contributed by atoms with Crippen molar-refractivity contribution in [3.63, 3.8) is 0 Å². The zero-order valence-corrected chi connectivity index (χ0v) is 12.1. The molecule has 0 aromatic carbocycles. The molecule has 3 saturated heterocycles. The molecule has 0 amide bonds. The van der Waals surface area contributed by atoms with Crippen LogP contribution >= 0.6 is 7.82 Å². The van der Waals surface area contributed by atoms with Gasteiger partial charge in [0.25, 0.3) is 0 Å². The van der Waals surface area contributed by atoms with Gasteiger partial charge in [-0.3, -0.25) is 9.05 Å². The molecule has 0 radical (unpaired) electrons. The van der Waals surface area contributed by atoms with Gasteiger partial charge in [0.1, 0.15) is 36.6 Å². The molecule has 3 heterocycles. The van der Waals surface area contributed by atoms with Crippen LogP contribution in [-0.2, 0) is 27.8 Å². The molecule has 0 bridgehead atoms. The first-order valence-corrected chi connectivity index (χ1v) is 8.09. The van der Waals surface area contributed by atoms with Crippen LogP contribution in [-0.4, -0.2) is 87.7 Å². The molecule has 0 aromatic heterocycles. The molecule has 22 heavy (non-hydrogen) atoms. The van der Waals surface area contributed by atoms with Crippen molar-refractivity contribution in [1.29, 1.82) is 0 Å². The summed E-state index contributed by atoms with van der Waals surface area (Å²) in [6, 6.07) is 0. The van der Waals surface area contributed by atoms with Crippen LogP contribution in [0.1, 0.15) is 0 Å². The number of hydrogen-bond acceptors (Lipinski definition) is 10. The molecule has 5 N–H and O–H groups in total. The molecule has 11 nitrogen and oxygen atoms in total. The first-order chi connectivity index (χ1) is 10.3. The highest BCUT2D eigenvalue weighted by Crippen LogP contribution is 2.51. The van der Waals surface area contributed by atoms with E-state index >= 15 is 0 Å². The van der Waals surface area contributed by atoms with Crippen molar-refractivity contribution in [3.05, 3.63) is 0 Å². The molecule has 12 heteroatoms. The zero-order valence-electron chi connectivity index (χ0n) is 11.2. The van der Waals surface area contributed by atoms with Gasteiger partial charge >= 0.3 is 7.82 Å². The Labute approximate surface area is 124 Å². The molecular weight excluding hydrogens is 327 g/mol. The molecular formula is C10H17O11P. The summed E-state index contributed by atoms with van der Waals surface area (Å²) < 4.78 is 36.3. The third kappa shape index (κ3) is 2.95. The maximum atomic E-state index is 11.3. The topological polar surface area (TPSA) is 164 Å². The minimum Gasteiger partial charge on any atom is -0.394 e. The molecule has 0 spiro atoms. The lowest BCUT2D eigenvalue weighted by atomic mass is 10.1. The number of fused-ring (bicyclic) bond motifs is 1. The van der Waals surface area contributed by atoms with Gasteiger partial charge in [-0.05, 0) is 0 Å². The van der Waals surface area contributed by atoms with E-state index in [0.717, 1.165) is 0 Å². The molecule has 0 aliphatic carbocycles. The number of aliphatic hydroxyl groups is 4. The van der Waals surface area contributed by atoms with Crippen molar-refractivity contribution >= 4 is 7.82 Å². The molecule has 0 saturated carbocycles. The summed E-state index contributed by atoms with van der Waals surface area (Å²) in [5, 5.41) is 38.4. The van der Waals surface area contributed by atoms with Gasteiger partial charge in [-0.1, -0.05) is 0 Å². The van der Waals surface area contributed by atoms with Crippen LogP contribution in [0.5, 0.6) is 0 Å². The number of rotatable bonds is 3. The summed E-state index contributed by atoms with van der Waals surface area (Å²) in [5.74, 6) is 0. The minimum absolute atomic E-state index is 0.272. The lowest BCUT2D eigenvalue weighted by Crippen LogP contribution is -2.41. The first kappa shape index (κ1) is 16.7. The Kier molecular flexibility index (Phi) is 4.58. The predicted octanol–water partition coefficient (Wildman–Crippen LogP) is -2.96. The van der Waals surface area contributed by atoms with Gasteiger partial charge in [-0.15, -0.1) is 0 Å². The fraction of sp³-hybridized carbons (Fsp3) is 1.00. The normalized spacial score (nSPS) is 55.3. The van der Waals surface area contributed by atoms with E-state index < -0.39 is 63.6 Å². The Morgan fingerprint density at radius 2 is 1.77 bits per heavy atom. The van der Waals surface area contributed by atoms with E-state index in [0.29, 0.717) is 0 Å². The highest BCUT2D eigenvalue weighted by Gasteiger charge is 2.54. The summed E-state index contributed by atoms with van der Waals surface area (Å²) in [6.45, 7) is -0.798. The maximum Gasteiger partial charge on any atom is 0.472 e. The standard InChI is InChI=1S/C10H17O11P/c11-1-3-5(12)6(13)9(18-3)20-10-7(14)8-4(19-10)2-17-22(15,16)21-8/h3-14H,1-2H2,(H,15,16)/t3-,4-,5-,6+,7+,8-,9?,10?/m1/s1. The van der Waals surface area contributed by atoms with Gasteiger partial charge in [0.2, 0.25) is 0 Å². The highest BCUT2D eigenvalue weighted by molar-refractivity contribution is 7.47. The third-order valence-corrected chi connectivity index (χ3v) is 4.70. The Balaban J connectivity index is 1.64. The number of phosphoric acid groups is 1. The van der Waals surface area contributed by atoms with Crippen molar-refractivity contribution < 1.29 is 53.1 Å². The average molecular weight is 344 g/mol. The van der Waals surface area contributed by atoms with Crippen molar-refractivity contribution in [2.75, 3.05) is 13.2 Å². The monoisotopic (exact) mass is 344 g/mol. The third-order valence-electron chi connectivity index (χ3n) is 3.71. The van der Waals surface area contributed by atoms with E-state index in [-0.39, 0.29) is 6.61 Å². The smallest absolute Gasteiger partial charge is 0.394 e. The van der Waals surface area contributed by atoms with Gasteiger partial charge in [-0.25, -0.2) is 4.57 Å². The van der Waals surface area contributed by atoms with Crippen molar-refractivity contribution in [2.24, 2.45) is 0 Å². The van der Waals surface area contributed by atoms with E-state index in [1.165, 1.54) is 0 Å². The summed E-state index contributed by atoms with van der Waals surface area (Å²) in [5.41, 5.74) is 0. The molecule has 9 atom stereocenters. The SMILES string of the molecule is O=P1(O)OC[C@H]2OC(OC3O[C@H](CO)[C@@H](O)[C@@H]3O)[C@@H](O)[C@@H]2O1. The van der Waals surface area contributed by atoms with Gasteiger partial charge in [0.15, 0.2) is 12.6 Å². The molecule has 3 aliphatic rings. The fourth-order valence-corrected chi connectivity index (χ4v) is 3.51. The van der Waals surface area contributed by atoms with Gasteiger partial charge in [0.05, 0.1) is 13.2 Å². The summed E-state index contributed by atoms with van der Waals surface area (Å²) in [4.78, 5) is 9.23. The Hall–Kier alpha value is -0.170. The molecule has 128 valence electrons. The lowest BCUT2D eigenvalue weighted by Gasteiger charge is -2.27. The van der Waals surface area contributed by atoms with Crippen LogP contribution in [0.4, 0.5) is 0 Å². The minimum atomic E-state index is -4.24.